The molecular formula is C12H16N2S2. The Balaban J connectivity index is 0.000000606. The molecule has 0 saturated carbocycles. The van der Waals surface area contributed by atoms with Crippen LogP contribution in [0.5, 0.6) is 0 Å². The fourth-order valence-corrected chi connectivity index (χ4v) is 2.42. The van der Waals surface area contributed by atoms with E-state index in [-0.39, 0.29) is 0 Å². The van der Waals surface area contributed by atoms with Crippen molar-refractivity contribution in [2.75, 3.05) is 6.26 Å². The van der Waals surface area contributed by atoms with E-state index in [0.29, 0.717) is 0 Å². The zero-order valence-corrected chi connectivity index (χ0v) is 11.4. The number of hydrogen-bond donors (Lipinski definition) is 0. The summed E-state index contributed by atoms with van der Waals surface area (Å²) >= 11 is 3.08. The number of aromatic nitrogens is 2. The highest BCUT2D eigenvalue weighted by Crippen LogP contribution is 2.16. The fourth-order valence-electron chi connectivity index (χ4n) is 1.16. The van der Waals surface area contributed by atoms with E-state index in [1.807, 2.05) is 38.3 Å². The molecular weight excluding hydrogens is 236 g/mol. The average molecular weight is 252 g/mol. The molecule has 0 radical (unpaired) electrons. The molecule has 0 unspecified atom stereocenters. The van der Waals surface area contributed by atoms with E-state index in [2.05, 4.69) is 21.5 Å². The molecule has 0 fully saturated rings. The topological polar surface area (TPSA) is 25.8 Å². The second-order valence-corrected chi connectivity index (χ2v) is 4.45. The lowest BCUT2D eigenvalue weighted by molar-refractivity contribution is 1.01. The molecule has 1 aromatic heterocycles. The van der Waals surface area contributed by atoms with Gasteiger partial charge in [-0.15, -0.1) is 0 Å². The fraction of sp³-hybridized carbons (Fsp3) is 0.333. The first-order chi connectivity index (χ1) is 7.88. The average Bonchev–Trinajstić information content (AvgIpc) is 2.81. The van der Waals surface area contributed by atoms with Gasteiger partial charge in [-0.2, -0.15) is 4.37 Å². The van der Waals surface area contributed by atoms with Gasteiger partial charge < -0.3 is 0 Å². The normalized spacial score (nSPS) is 9.44. The highest BCUT2D eigenvalue weighted by Gasteiger charge is 2.02. The predicted octanol–water partition coefficient (Wildman–Crippen LogP) is 3.88. The van der Waals surface area contributed by atoms with Crippen molar-refractivity contribution >= 4 is 23.3 Å². The molecule has 0 amide bonds. The minimum absolute atomic E-state index is 0.876. The summed E-state index contributed by atoms with van der Waals surface area (Å²) in [5.41, 5.74) is 1.29. The summed E-state index contributed by atoms with van der Waals surface area (Å²) in [5.74, 6) is 0. The molecule has 16 heavy (non-hydrogen) atoms. The Bertz CT molecular complexity index is 398. The molecule has 1 aromatic carbocycles. The first-order valence-electron chi connectivity index (χ1n) is 5.29. The Morgan fingerprint density at radius 1 is 1.19 bits per heavy atom. The minimum Gasteiger partial charge on any atom is -0.214 e. The lowest BCUT2D eigenvalue weighted by atomic mass is 10.2. The van der Waals surface area contributed by atoms with Crippen molar-refractivity contribution in [2.45, 2.75) is 25.4 Å². The van der Waals surface area contributed by atoms with E-state index in [1.165, 1.54) is 17.1 Å². The molecule has 0 aliphatic carbocycles. The summed E-state index contributed by atoms with van der Waals surface area (Å²) in [6.45, 7) is 4.00. The molecule has 1 heterocycles. The smallest absolute Gasteiger partial charge is 0.200 e. The standard InChI is InChI=1S/C10H10N2S2.C2H6/c1-13-10-11-9(14-12-10)7-8-5-3-2-4-6-8;1-2/h2-6H,7H2,1H3;1-2H3. The van der Waals surface area contributed by atoms with Crippen LogP contribution in [0.1, 0.15) is 24.4 Å². The molecule has 0 aliphatic heterocycles. The van der Waals surface area contributed by atoms with Gasteiger partial charge in [0.15, 0.2) is 5.16 Å². The van der Waals surface area contributed by atoms with Crippen LogP contribution < -0.4 is 0 Å². The van der Waals surface area contributed by atoms with E-state index in [9.17, 15) is 0 Å². The molecule has 2 aromatic rings. The van der Waals surface area contributed by atoms with Gasteiger partial charge in [0.1, 0.15) is 5.01 Å². The predicted molar refractivity (Wildman–Crippen MR) is 72.3 cm³/mol. The molecule has 0 N–H and O–H groups in total. The van der Waals surface area contributed by atoms with Crippen LogP contribution in [0.15, 0.2) is 35.5 Å². The summed E-state index contributed by atoms with van der Waals surface area (Å²) in [7, 11) is 0. The third-order valence-corrected chi connectivity index (χ3v) is 3.20. The van der Waals surface area contributed by atoms with Crippen molar-refractivity contribution in [1.82, 2.24) is 9.36 Å². The van der Waals surface area contributed by atoms with Gasteiger partial charge in [0.05, 0.1) is 0 Å². The third kappa shape index (κ3) is 3.94. The van der Waals surface area contributed by atoms with Gasteiger partial charge in [-0.1, -0.05) is 55.9 Å². The Morgan fingerprint density at radius 2 is 1.88 bits per heavy atom. The number of nitrogens with zero attached hydrogens (tertiary/aromatic N) is 2. The third-order valence-electron chi connectivity index (χ3n) is 1.83. The largest absolute Gasteiger partial charge is 0.214 e. The van der Waals surface area contributed by atoms with Gasteiger partial charge in [0.25, 0.3) is 0 Å². The van der Waals surface area contributed by atoms with Crippen LogP contribution in [0.2, 0.25) is 0 Å². The lowest BCUT2D eigenvalue weighted by Gasteiger charge is -1.94. The van der Waals surface area contributed by atoms with Crippen molar-refractivity contribution in [2.24, 2.45) is 0 Å². The zero-order valence-electron chi connectivity index (χ0n) is 9.80. The lowest BCUT2D eigenvalue weighted by Crippen LogP contribution is -1.85. The highest BCUT2D eigenvalue weighted by molar-refractivity contribution is 7.98. The van der Waals surface area contributed by atoms with E-state index >= 15 is 0 Å². The number of benzene rings is 1. The summed E-state index contributed by atoms with van der Waals surface area (Å²) in [6, 6.07) is 10.3. The Morgan fingerprint density at radius 3 is 2.44 bits per heavy atom. The molecule has 0 saturated heterocycles. The van der Waals surface area contributed by atoms with Crippen molar-refractivity contribution in [3.05, 3.63) is 40.9 Å². The van der Waals surface area contributed by atoms with Crippen LogP contribution in [-0.4, -0.2) is 15.6 Å². The van der Waals surface area contributed by atoms with Crippen molar-refractivity contribution in [3.8, 4) is 0 Å². The van der Waals surface area contributed by atoms with E-state index in [0.717, 1.165) is 16.6 Å². The van der Waals surface area contributed by atoms with Gasteiger partial charge in [0, 0.05) is 6.42 Å². The van der Waals surface area contributed by atoms with Gasteiger partial charge in [-0.25, -0.2) is 4.98 Å². The summed E-state index contributed by atoms with van der Waals surface area (Å²) in [4.78, 5) is 4.39. The molecule has 2 rings (SSSR count). The monoisotopic (exact) mass is 252 g/mol. The zero-order chi connectivity index (χ0) is 11.8. The number of rotatable bonds is 3. The SMILES string of the molecule is CC.CSc1nsc(Cc2ccccc2)n1. The first kappa shape index (κ1) is 13.2. The Labute approximate surface area is 105 Å². The second-order valence-electron chi connectivity index (χ2n) is 2.84. The maximum atomic E-state index is 4.39. The molecule has 2 nitrogen and oxygen atoms in total. The van der Waals surface area contributed by atoms with Crippen molar-refractivity contribution in [3.63, 3.8) is 0 Å². The molecule has 0 bridgehead atoms. The molecule has 86 valence electrons. The first-order valence-corrected chi connectivity index (χ1v) is 7.29. The Kier molecular flexibility index (Phi) is 6.11. The molecule has 4 heteroatoms. The Hall–Kier alpha value is -0.870. The van der Waals surface area contributed by atoms with E-state index in [1.54, 1.807) is 11.8 Å². The van der Waals surface area contributed by atoms with Gasteiger partial charge in [-0.3, -0.25) is 0 Å². The maximum absolute atomic E-state index is 4.39. The molecule has 0 atom stereocenters. The highest BCUT2D eigenvalue weighted by atomic mass is 32.2. The molecule has 0 aliphatic rings. The quantitative estimate of drug-likeness (QED) is 0.775. The van der Waals surface area contributed by atoms with Gasteiger partial charge >= 0.3 is 0 Å². The van der Waals surface area contributed by atoms with E-state index in [4.69, 9.17) is 0 Å². The second kappa shape index (κ2) is 7.41. The number of thioether (sulfide) groups is 1. The summed E-state index contributed by atoms with van der Waals surface area (Å²) in [6.07, 6.45) is 2.88. The van der Waals surface area contributed by atoms with Crippen LogP contribution in [-0.2, 0) is 6.42 Å². The van der Waals surface area contributed by atoms with Gasteiger partial charge in [-0.05, 0) is 23.4 Å². The van der Waals surface area contributed by atoms with Crippen LogP contribution in [0.4, 0.5) is 0 Å². The van der Waals surface area contributed by atoms with Crippen molar-refractivity contribution in [1.29, 1.82) is 0 Å². The minimum atomic E-state index is 0.876. The van der Waals surface area contributed by atoms with Crippen LogP contribution >= 0.6 is 23.3 Å². The van der Waals surface area contributed by atoms with Crippen LogP contribution in [0, 0.1) is 0 Å². The van der Waals surface area contributed by atoms with Gasteiger partial charge in [0.2, 0.25) is 0 Å². The molecule has 0 spiro atoms. The van der Waals surface area contributed by atoms with Crippen molar-refractivity contribution < 1.29 is 0 Å². The van der Waals surface area contributed by atoms with E-state index < -0.39 is 0 Å². The summed E-state index contributed by atoms with van der Waals surface area (Å²) < 4.78 is 4.22. The summed E-state index contributed by atoms with van der Waals surface area (Å²) in [5, 5.41) is 1.96. The maximum Gasteiger partial charge on any atom is 0.200 e. The number of hydrogen-bond acceptors (Lipinski definition) is 4. The van der Waals surface area contributed by atoms with Crippen LogP contribution in [0.25, 0.3) is 0 Å². The van der Waals surface area contributed by atoms with Crippen LogP contribution in [0.3, 0.4) is 0 Å².